The Morgan fingerprint density at radius 1 is 1.17 bits per heavy atom. The van der Waals surface area contributed by atoms with E-state index in [-0.39, 0.29) is 18.6 Å². The summed E-state index contributed by atoms with van der Waals surface area (Å²) in [6.45, 7) is 6.25. The lowest BCUT2D eigenvalue weighted by atomic mass is 9.88. The van der Waals surface area contributed by atoms with Crippen LogP contribution in [0.15, 0.2) is 24.3 Å². The van der Waals surface area contributed by atoms with Crippen LogP contribution in [0.5, 0.6) is 0 Å². The number of fused-ring (bicyclic) bond motifs is 1. The van der Waals surface area contributed by atoms with Gasteiger partial charge in [0.25, 0.3) is 0 Å². The molecule has 1 unspecified atom stereocenters. The Hall–Kier alpha value is -1.44. The molecular weight excluding hydrogens is 418 g/mol. The lowest BCUT2D eigenvalue weighted by Gasteiger charge is -2.40. The molecule has 2 aliphatic rings. The third-order valence-corrected chi connectivity index (χ3v) is 7.62. The highest BCUT2D eigenvalue weighted by atomic mass is 35.5. The zero-order chi connectivity index (χ0) is 21.1. The number of hydrogen-bond donors (Lipinski definition) is 2. The topological polar surface area (TPSA) is 55.8 Å². The number of hydrogen-bond acceptors (Lipinski definition) is 5. The van der Waals surface area contributed by atoms with Gasteiger partial charge in [0.1, 0.15) is 5.00 Å². The molecule has 1 aliphatic carbocycles. The fourth-order valence-electron chi connectivity index (χ4n) is 4.72. The molecular formula is C23H30ClN3O2S. The molecule has 0 bridgehead atoms. The maximum atomic E-state index is 12.0. The molecule has 1 saturated heterocycles. The molecule has 1 amide bonds. The average molecular weight is 448 g/mol. The number of aryl methyl sites for hydroxylation is 1. The number of rotatable bonds is 6. The van der Waals surface area contributed by atoms with Crippen LogP contribution >= 0.6 is 22.9 Å². The Morgan fingerprint density at radius 3 is 2.53 bits per heavy atom. The summed E-state index contributed by atoms with van der Waals surface area (Å²) < 4.78 is 0. The molecule has 2 N–H and O–H groups in total. The van der Waals surface area contributed by atoms with Gasteiger partial charge in [0.05, 0.1) is 12.6 Å². The van der Waals surface area contributed by atoms with E-state index in [4.69, 9.17) is 11.6 Å². The zero-order valence-corrected chi connectivity index (χ0v) is 19.1. The fraction of sp³-hybridized carbons (Fsp3) is 0.522. The van der Waals surface area contributed by atoms with E-state index in [1.807, 2.05) is 12.1 Å². The number of benzene rings is 1. The van der Waals surface area contributed by atoms with Gasteiger partial charge in [-0.2, -0.15) is 0 Å². The van der Waals surface area contributed by atoms with E-state index in [1.165, 1.54) is 34.4 Å². The smallest absolute Gasteiger partial charge is 0.221 e. The number of anilines is 1. The predicted octanol–water partition coefficient (Wildman–Crippen LogP) is 3.94. The van der Waals surface area contributed by atoms with Gasteiger partial charge >= 0.3 is 0 Å². The van der Waals surface area contributed by atoms with Gasteiger partial charge in [-0.3, -0.25) is 14.6 Å². The van der Waals surface area contributed by atoms with Gasteiger partial charge in [-0.05, 0) is 48.9 Å². The molecule has 1 aromatic carbocycles. The third kappa shape index (κ3) is 4.73. The van der Waals surface area contributed by atoms with Crippen molar-refractivity contribution in [1.29, 1.82) is 0 Å². The molecule has 2 aromatic rings. The standard InChI is InChI=1S/C23H30ClN3O2S/c1-16(29)25-23-21(19-4-2-3-5-20(19)30-23)22(17-6-8-18(24)9-7-17)27-12-10-26(11-13-27)14-15-28/h6-9,22,28H,2-5,10-15H2,1H3,(H,25,29). The summed E-state index contributed by atoms with van der Waals surface area (Å²) in [7, 11) is 0. The second-order valence-electron chi connectivity index (χ2n) is 8.19. The Labute approximate surface area is 187 Å². The maximum absolute atomic E-state index is 12.0. The van der Waals surface area contributed by atoms with E-state index in [1.54, 1.807) is 18.3 Å². The van der Waals surface area contributed by atoms with Crippen LogP contribution in [-0.2, 0) is 17.6 Å². The van der Waals surface area contributed by atoms with Gasteiger partial charge < -0.3 is 10.4 Å². The van der Waals surface area contributed by atoms with Crippen LogP contribution in [0.25, 0.3) is 0 Å². The normalized spacial score (nSPS) is 18.8. The molecule has 162 valence electrons. The second kappa shape index (κ2) is 9.79. The highest BCUT2D eigenvalue weighted by Crippen LogP contribution is 2.45. The summed E-state index contributed by atoms with van der Waals surface area (Å²) in [5.41, 5.74) is 3.93. The van der Waals surface area contributed by atoms with Crippen LogP contribution in [0.2, 0.25) is 5.02 Å². The van der Waals surface area contributed by atoms with Gasteiger partial charge in [-0.15, -0.1) is 11.3 Å². The maximum Gasteiger partial charge on any atom is 0.221 e. The number of carbonyl (C=O) groups is 1. The quantitative estimate of drug-likeness (QED) is 0.704. The van der Waals surface area contributed by atoms with E-state index >= 15 is 0 Å². The number of halogens is 1. The Bertz CT molecular complexity index is 875. The lowest BCUT2D eigenvalue weighted by molar-refractivity contribution is -0.114. The van der Waals surface area contributed by atoms with Crippen LogP contribution < -0.4 is 5.32 Å². The number of nitrogens with zero attached hydrogens (tertiary/aromatic N) is 2. The Morgan fingerprint density at radius 2 is 1.87 bits per heavy atom. The molecule has 30 heavy (non-hydrogen) atoms. The number of aliphatic hydroxyl groups is 1. The van der Waals surface area contributed by atoms with E-state index in [2.05, 4.69) is 27.2 Å². The number of amides is 1. The Balaban J connectivity index is 1.75. The van der Waals surface area contributed by atoms with E-state index in [9.17, 15) is 9.90 Å². The first-order valence-corrected chi connectivity index (χ1v) is 12.0. The van der Waals surface area contributed by atoms with Crippen molar-refractivity contribution in [3.05, 3.63) is 50.9 Å². The van der Waals surface area contributed by atoms with Crippen molar-refractivity contribution in [2.75, 3.05) is 44.6 Å². The minimum Gasteiger partial charge on any atom is -0.395 e. The monoisotopic (exact) mass is 447 g/mol. The molecule has 5 nitrogen and oxygen atoms in total. The zero-order valence-electron chi connectivity index (χ0n) is 17.5. The van der Waals surface area contributed by atoms with Crippen LogP contribution in [-0.4, -0.2) is 60.1 Å². The van der Waals surface area contributed by atoms with Crippen molar-refractivity contribution in [3.8, 4) is 0 Å². The summed E-state index contributed by atoms with van der Waals surface area (Å²) in [6, 6.07) is 8.26. The number of carbonyl (C=O) groups excluding carboxylic acids is 1. The second-order valence-corrected chi connectivity index (χ2v) is 9.73. The van der Waals surface area contributed by atoms with Crippen molar-refractivity contribution < 1.29 is 9.90 Å². The fourth-order valence-corrected chi connectivity index (χ4v) is 6.22. The summed E-state index contributed by atoms with van der Waals surface area (Å²) >= 11 is 7.96. The highest BCUT2D eigenvalue weighted by molar-refractivity contribution is 7.16. The largest absolute Gasteiger partial charge is 0.395 e. The van der Waals surface area contributed by atoms with E-state index < -0.39 is 0 Å². The molecule has 7 heteroatoms. The first-order valence-electron chi connectivity index (χ1n) is 10.8. The van der Waals surface area contributed by atoms with Crippen LogP contribution in [0.1, 0.15) is 47.4 Å². The van der Waals surface area contributed by atoms with Crippen molar-refractivity contribution in [1.82, 2.24) is 9.80 Å². The summed E-state index contributed by atoms with van der Waals surface area (Å²) in [6.07, 6.45) is 4.60. The molecule has 1 aliphatic heterocycles. The highest BCUT2D eigenvalue weighted by Gasteiger charge is 2.33. The van der Waals surface area contributed by atoms with Crippen molar-refractivity contribution in [3.63, 3.8) is 0 Å². The van der Waals surface area contributed by atoms with Crippen LogP contribution in [0.4, 0.5) is 5.00 Å². The minimum atomic E-state index is -0.0162. The van der Waals surface area contributed by atoms with Crippen molar-refractivity contribution in [2.24, 2.45) is 0 Å². The van der Waals surface area contributed by atoms with Gasteiger partial charge in [0, 0.05) is 55.1 Å². The minimum absolute atomic E-state index is 0.0162. The number of aliphatic hydroxyl groups excluding tert-OH is 1. The predicted molar refractivity (Wildman–Crippen MR) is 124 cm³/mol. The van der Waals surface area contributed by atoms with Crippen molar-refractivity contribution in [2.45, 2.75) is 38.6 Å². The molecule has 0 spiro atoms. The molecule has 1 fully saturated rings. The summed E-state index contributed by atoms with van der Waals surface area (Å²) in [5, 5.41) is 14.2. The molecule has 4 rings (SSSR count). The van der Waals surface area contributed by atoms with Gasteiger partial charge in [0.15, 0.2) is 0 Å². The number of piperazine rings is 1. The molecule has 1 atom stereocenters. The molecule has 0 saturated carbocycles. The van der Waals surface area contributed by atoms with Crippen LogP contribution in [0.3, 0.4) is 0 Å². The van der Waals surface area contributed by atoms with E-state index in [0.717, 1.165) is 55.6 Å². The Kier molecular flexibility index (Phi) is 7.11. The SMILES string of the molecule is CC(=O)Nc1sc2c(c1C(c1ccc(Cl)cc1)N1CCN(CCO)CC1)CCCC2. The van der Waals surface area contributed by atoms with Gasteiger partial charge in [0.2, 0.25) is 5.91 Å². The van der Waals surface area contributed by atoms with Crippen molar-refractivity contribution >= 4 is 33.8 Å². The summed E-state index contributed by atoms with van der Waals surface area (Å²) in [5.74, 6) is -0.0162. The lowest BCUT2D eigenvalue weighted by Crippen LogP contribution is -2.48. The third-order valence-electron chi connectivity index (χ3n) is 6.15. The van der Waals surface area contributed by atoms with Gasteiger partial charge in [-0.25, -0.2) is 0 Å². The van der Waals surface area contributed by atoms with Gasteiger partial charge in [-0.1, -0.05) is 23.7 Å². The van der Waals surface area contributed by atoms with E-state index in [0.29, 0.717) is 0 Å². The molecule has 1 aromatic heterocycles. The molecule has 2 heterocycles. The number of β-amino-alcohol motifs (C(OH)–C–C–N with tert-alkyl or cyclic N) is 1. The first kappa shape index (κ1) is 21.8. The number of thiophene rings is 1. The number of nitrogens with one attached hydrogen (secondary N) is 1. The first-order chi connectivity index (χ1) is 14.6. The summed E-state index contributed by atoms with van der Waals surface area (Å²) in [4.78, 5) is 18.3. The average Bonchev–Trinajstić information content (AvgIpc) is 3.08. The van der Waals surface area contributed by atoms with Crippen LogP contribution in [0, 0.1) is 0 Å². The molecule has 0 radical (unpaired) electrons.